The summed E-state index contributed by atoms with van der Waals surface area (Å²) in [7, 11) is 0. The topological polar surface area (TPSA) is 55.8 Å². The van der Waals surface area contributed by atoms with Gasteiger partial charge in [0.25, 0.3) is 0 Å². The first-order valence-corrected chi connectivity index (χ1v) is 9.53. The minimum Gasteiger partial charge on any atom is -0.486 e. The Morgan fingerprint density at radius 2 is 1.75 bits per heavy atom. The van der Waals surface area contributed by atoms with E-state index in [1.54, 1.807) is 30.3 Å². The Kier molecular flexibility index (Phi) is 5.03. The molecule has 0 aliphatic carbocycles. The van der Waals surface area contributed by atoms with Crippen molar-refractivity contribution < 1.29 is 23.5 Å². The number of rotatable bonds is 4. The first kappa shape index (κ1) is 18.5. The van der Waals surface area contributed by atoms with E-state index in [9.17, 15) is 14.0 Å². The van der Waals surface area contributed by atoms with Gasteiger partial charge >= 0.3 is 0 Å². The normalized spacial score (nSPS) is 16.7. The van der Waals surface area contributed by atoms with Gasteiger partial charge in [-0.3, -0.25) is 9.59 Å². The van der Waals surface area contributed by atoms with Gasteiger partial charge in [-0.05, 0) is 50.1 Å². The van der Waals surface area contributed by atoms with E-state index in [4.69, 9.17) is 9.47 Å². The summed E-state index contributed by atoms with van der Waals surface area (Å²) >= 11 is 0. The van der Waals surface area contributed by atoms with Crippen LogP contribution in [0, 0.1) is 11.7 Å². The van der Waals surface area contributed by atoms with Gasteiger partial charge in [0.2, 0.25) is 0 Å². The number of carbonyl (C=O) groups excluding carboxylic acids is 2. The smallest absolute Gasteiger partial charge is 0.166 e. The van der Waals surface area contributed by atoms with Gasteiger partial charge in [0, 0.05) is 24.6 Å². The number of halogens is 1. The molecule has 2 aliphatic rings. The fourth-order valence-corrected chi connectivity index (χ4v) is 3.94. The zero-order valence-electron chi connectivity index (χ0n) is 15.7. The van der Waals surface area contributed by atoms with E-state index in [0.29, 0.717) is 61.9 Å². The summed E-state index contributed by atoms with van der Waals surface area (Å²) in [5.41, 5.74) is 1.36. The Hall–Kier alpha value is -2.89. The molecule has 2 heterocycles. The predicted molar refractivity (Wildman–Crippen MR) is 103 cm³/mol. The monoisotopic (exact) mass is 383 g/mol. The van der Waals surface area contributed by atoms with Crippen molar-refractivity contribution in [2.75, 3.05) is 31.2 Å². The highest BCUT2D eigenvalue weighted by atomic mass is 19.1. The summed E-state index contributed by atoms with van der Waals surface area (Å²) < 4.78 is 25.2. The van der Waals surface area contributed by atoms with Gasteiger partial charge in [-0.1, -0.05) is 6.07 Å². The molecule has 4 rings (SSSR count). The standard InChI is InChI=1S/C22H22FNO4/c1-14(25)21-17(23)3-2-4-18(21)24-9-7-15(8-10-24)22(26)16-5-6-19-20(13-16)28-12-11-27-19/h2-6,13,15H,7-12H2,1H3. The highest BCUT2D eigenvalue weighted by Gasteiger charge is 2.28. The number of hydrogen-bond donors (Lipinski definition) is 0. The molecule has 0 bridgehead atoms. The van der Waals surface area contributed by atoms with E-state index in [-0.39, 0.29) is 23.0 Å². The lowest BCUT2D eigenvalue weighted by Crippen LogP contribution is -2.37. The van der Waals surface area contributed by atoms with Crippen LogP contribution in [0.15, 0.2) is 36.4 Å². The molecule has 0 spiro atoms. The van der Waals surface area contributed by atoms with Crippen LogP contribution in [-0.2, 0) is 0 Å². The number of carbonyl (C=O) groups is 2. The molecule has 2 aromatic carbocycles. The highest BCUT2D eigenvalue weighted by molar-refractivity contribution is 6.00. The molecule has 0 aromatic heterocycles. The van der Waals surface area contributed by atoms with Crippen LogP contribution in [-0.4, -0.2) is 37.9 Å². The number of benzene rings is 2. The number of fused-ring (bicyclic) bond motifs is 1. The number of ether oxygens (including phenoxy) is 2. The van der Waals surface area contributed by atoms with Crippen molar-refractivity contribution in [2.45, 2.75) is 19.8 Å². The molecular weight excluding hydrogens is 361 g/mol. The number of Topliss-reactive ketones (excluding diaryl/α,β-unsaturated/α-hetero) is 2. The Labute approximate surface area is 163 Å². The van der Waals surface area contributed by atoms with E-state index in [0.717, 1.165) is 0 Å². The van der Waals surface area contributed by atoms with Crippen LogP contribution in [0.1, 0.15) is 40.5 Å². The van der Waals surface area contributed by atoms with Gasteiger partial charge in [0.15, 0.2) is 23.1 Å². The second-order valence-corrected chi connectivity index (χ2v) is 7.17. The summed E-state index contributed by atoms with van der Waals surface area (Å²) in [6, 6.07) is 10.00. The predicted octanol–water partition coefficient (Wildman–Crippen LogP) is 3.90. The number of piperidine rings is 1. The van der Waals surface area contributed by atoms with Crippen LogP contribution >= 0.6 is 0 Å². The van der Waals surface area contributed by atoms with Crippen molar-refractivity contribution in [3.8, 4) is 11.5 Å². The lowest BCUT2D eigenvalue weighted by atomic mass is 9.88. The second-order valence-electron chi connectivity index (χ2n) is 7.17. The molecule has 5 nitrogen and oxygen atoms in total. The van der Waals surface area contributed by atoms with Crippen molar-refractivity contribution in [1.82, 2.24) is 0 Å². The molecule has 0 radical (unpaired) electrons. The van der Waals surface area contributed by atoms with Gasteiger partial charge in [0.1, 0.15) is 19.0 Å². The molecule has 0 unspecified atom stereocenters. The Balaban J connectivity index is 1.47. The first-order valence-electron chi connectivity index (χ1n) is 9.53. The number of ketones is 2. The van der Waals surface area contributed by atoms with Crippen LogP contribution in [0.3, 0.4) is 0 Å². The zero-order valence-corrected chi connectivity index (χ0v) is 15.7. The van der Waals surface area contributed by atoms with Crippen LogP contribution in [0.25, 0.3) is 0 Å². The lowest BCUT2D eigenvalue weighted by Gasteiger charge is -2.34. The van der Waals surface area contributed by atoms with Gasteiger partial charge in [-0.2, -0.15) is 0 Å². The number of anilines is 1. The van der Waals surface area contributed by atoms with E-state index < -0.39 is 5.82 Å². The molecule has 0 atom stereocenters. The average molecular weight is 383 g/mol. The maximum absolute atomic E-state index is 14.1. The first-order chi connectivity index (χ1) is 13.5. The zero-order chi connectivity index (χ0) is 19.7. The minimum atomic E-state index is -0.500. The molecule has 2 aromatic rings. The molecule has 0 saturated carbocycles. The van der Waals surface area contributed by atoms with Crippen molar-refractivity contribution >= 4 is 17.3 Å². The summed E-state index contributed by atoms with van der Waals surface area (Å²) in [5, 5.41) is 0. The molecule has 28 heavy (non-hydrogen) atoms. The third-order valence-corrected chi connectivity index (χ3v) is 5.38. The third kappa shape index (κ3) is 3.46. The molecule has 2 aliphatic heterocycles. The van der Waals surface area contributed by atoms with Crippen molar-refractivity contribution in [2.24, 2.45) is 5.92 Å². The van der Waals surface area contributed by atoms with Crippen LogP contribution in [0.5, 0.6) is 11.5 Å². The van der Waals surface area contributed by atoms with Crippen LogP contribution in [0.4, 0.5) is 10.1 Å². The van der Waals surface area contributed by atoms with Crippen LogP contribution < -0.4 is 14.4 Å². The summed E-state index contributed by atoms with van der Waals surface area (Å²) in [6.45, 7) is 3.58. The lowest BCUT2D eigenvalue weighted by molar-refractivity contribution is 0.0898. The Morgan fingerprint density at radius 1 is 1.04 bits per heavy atom. The molecule has 146 valence electrons. The van der Waals surface area contributed by atoms with Gasteiger partial charge in [-0.25, -0.2) is 4.39 Å². The SMILES string of the molecule is CC(=O)c1c(F)cccc1N1CCC(C(=O)c2ccc3c(c2)OCCO3)CC1. The third-order valence-electron chi connectivity index (χ3n) is 5.38. The molecular formula is C22H22FNO4. The fraction of sp³-hybridized carbons (Fsp3) is 0.364. The molecule has 0 N–H and O–H groups in total. The Morgan fingerprint density at radius 3 is 2.46 bits per heavy atom. The Bertz CT molecular complexity index is 919. The van der Waals surface area contributed by atoms with E-state index in [2.05, 4.69) is 0 Å². The highest BCUT2D eigenvalue weighted by Crippen LogP contribution is 2.34. The summed E-state index contributed by atoms with van der Waals surface area (Å²) in [4.78, 5) is 26.8. The minimum absolute atomic E-state index is 0.0858. The van der Waals surface area contributed by atoms with Gasteiger partial charge < -0.3 is 14.4 Å². The molecule has 6 heteroatoms. The van der Waals surface area contributed by atoms with Gasteiger partial charge in [0.05, 0.1) is 11.3 Å². The van der Waals surface area contributed by atoms with Crippen molar-refractivity contribution in [3.63, 3.8) is 0 Å². The quantitative estimate of drug-likeness (QED) is 0.750. The van der Waals surface area contributed by atoms with E-state index in [1.165, 1.54) is 13.0 Å². The average Bonchev–Trinajstić information content (AvgIpc) is 2.72. The van der Waals surface area contributed by atoms with Crippen molar-refractivity contribution in [3.05, 3.63) is 53.3 Å². The molecule has 1 saturated heterocycles. The molecule has 0 amide bonds. The van der Waals surface area contributed by atoms with Crippen molar-refractivity contribution in [1.29, 1.82) is 0 Å². The summed E-state index contributed by atoms with van der Waals surface area (Å²) in [6.07, 6.45) is 1.31. The van der Waals surface area contributed by atoms with Gasteiger partial charge in [-0.15, -0.1) is 0 Å². The largest absolute Gasteiger partial charge is 0.486 e. The molecule has 1 fully saturated rings. The number of nitrogens with zero attached hydrogens (tertiary/aromatic N) is 1. The maximum atomic E-state index is 14.1. The van der Waals surface area contributed by atoms with Crippen LogP contribution in [0.2, 0.25) is 0 Å². The van der Waals surface area contributed by atoms with E-state index >= 15 is 0 Å². The number of hydrogen-bond acceptors (Lipinski definition) is 5. The fourth-order valence-electron chi connectivity index (χ4n) is 3.94. The maximum Gasteiger partial charge on any atom is 0.166 e. The van der Waals surface area contributed by atoms with E-state index in [1.807, 2.05) is 4.90 Å². The summed E-state index contributed by atoms with van der Waals surface area (Å²) in [5.74, 6) is 0.471. The second kappa shape index (κ2) is 7.62.